The van der Waals surface area contributed by atoms with Crippen LogP contribution in [0.3, 0.4) is 0 Å². The van der Waals surface area contributed by atoms with Crippen LogP contribution in [-0.2, 0) is 9.53 Å². The fourth-order valence-electron chi connectivity index (χ4n) is 2.21. The quantitative estimate of drug-likeness (QED) is 0.770. The average molecular weight is 354 g/mol. The zero-order valence-electron chi connectivity index (χ0n) is 12.4. The summed E-state index contributed by atoms with van der Waals surface area (Å²) in [6.07, 6.45) is 0.439. The third-order valence-electron chi connectivity index (χ3n) is 3.42. The highest BCUT2D eigenvalue weighted by molar-refractivity contribution is 7.99. The van der Waals surface area contributed by atoms with Gasteiger partial charge in [0.15, 0.2) is 0 Å². The fourth-order valence-corrected chi connectivity index (χ4v) is 3.11. The van der Waals surface area contributed by atoms with Crippen LogP contribution >= 0.6 is 23.4 Å². The highest BCUT2D eigenvalue weighted by Gasteiger charge is 2.17. The molecule has 2 aromatic rings. The van der Waals surface area contributed by atoms with E-state index in [1.807, 2.05) is 23.1 Å². The highest BCUT2D eigenvalue weighted by atomic mass is 35.5. The SMILES string of the molecule is O=C(CCSc1nnc(-c2ccccc2Cl)o1)N1CCOCC1. The Morgan fingerprint density at radius 1 is 1.26 bits per heavy atom. The summed E-state index contributed by atoms with van der Waals surface area (Å²) in [5, 5.41) is 8.99. The van der Waals surface area contributed by atoms with Crippen molar-refractivity contribution in [2.45, 2.75) is 11.6 Å². The molecule has 0 atom stereocenters. The van der Waals surface area contributed by atoms with Gasteiger partial charge in [-0.25, -0.2) is 0 Å². The number of carbonyl (C=O) groups excluding carboxylic acids is 1. The Balaban J connectivity index is 1.51. The molecule has 0 radical (unpaired) electrons. The minimum Gasteiger partial charge on any atom is -0.411 e. The highest BCUT2D eigenvalue weighted by Crippen LogP contribution is 2.28. The number of rotatable bonds is 5. The Morgan fingerprint density at radius 2 is 2.04 bits per heavy atom. The second-order valence-electron chi connectivity index (χ2n) is 4.94. The Labute approximate surface area is 143 Å². The van der Waals surface area contributed by atoms with Gasteiger partial charge in [-0.1, -0.05) is 35.5 Å². The number of hydrogen-bond acceptors (Lipinski definition) is 6. The van der Waals surface area contributed by atoms with E-state index in [0.717, 1.165) is 0 Å². The van der Waals surface area contributed by atoms with Crippen molar-refractivity contribution in [2.75, 3.05) is 32.1 Å². The largest absolute Gasteiger partial charge is 0.411 e. The normalized spacial score (nSPS) is 14.9. The maximum atomic E-state index is 12.0. The molecule has 23 heavy (non-hydrogen) atoms. The van der Waals surface area contributed by atoms with Crippen molar-refractivity contribution in [3.63, 3.8) is 0 Å². The van der Waals surface area contributed by atoms with Crippen molar-refractivity contribution in [3.8, 4) is 11.5 Å². The zero-order chi connectivity index (χ0) is 16.1. The Kier molecular flexibility index (Phi) is 5.53. The number of aromatic nitrogens is 2. The minimum atomic E-state index is 0.131. The second-order valence-corrected chi connectivity index (χ2v) is 6.40. The van der Waals surface area contributed by atoms with E-state index in [4.69, 9.17) is 20.8 Å². The Morgan fingerprint density at radius 3 is 2.83 bits per heavy atom. The van der Waals surface area contributed by atoms with Gasteiger partial charge in [-0.15, -0.1) is 10.2 Å². The molecule has 1 fully saturated rings. The second kappa shape index (κ2) is 7.81. The van der Waals surface area contributed by atoms with Crippen molar-refractivity contribution >= 4 is 29.3 Å². The van der Waals surface area contributed by atoms with Gasteiger partial charge in [0.05, 0.1) is 23.8 Å². The van der Waals surface area contributed by atoms with Crippen molar-refractivity contribution in [3.05, 3.63) is 29.3 Å². The molecule has 0 bridgehead atoms. The van der Waals surface area contributed by atoms with E-state index < -0.39 is 0 Å². The van der Waals surface area contributed by atoms with Crippen LogP contribution in [0.2, 0.25) is 5.02 Å². The first-order chi connectivity index (χ1) is 11.2. The number of halogens is 1. The van der Waals surface area contributed by atoms with Crippen LogP contribution in [-0.4, -0.2) is 53.1 Å². The van der Waals surface area contributed by atoms with Gasteiger partial charge < -0.3 is 14.1 Å². The summed E-state index contributed by atoms with van der Waals surface area (Å²) in [6.45, 7) is 2.56. The molecule has 1 aromatic heterocycles. The lowest BCUT2D eigenvalue weighted by Crippen LogP contribution is -2.40. The van der Waals surface area contributed by atoms with Gasteiger partial charge >= 0.3 is 0 Å². The van der Waals surface area contributed by atoms with Crippen molar-refractivity contribution in [2.24, 2.45) is 0 Å². The summed E-state index contributed by atoms with van der Waals surface area (Å²) in [4.78, 5) is 13.9. The maximum Gasteiger partial charge on any atom is 0.276 e. The standard InChI is InChI=1S/C15H16ClN3O3S/c16-12-4-2-1-3-11(12)14-17-18-15(22-14)23-10-5-13(20)19-6-8-21-9-7-19/h1-4H,5-10H2. The molecule has 6 nitrogen and oxygen atoms in total. The fraction of sp³-hybridized carbons (Fsp3) is 0.400. The summed E-state index contributed by atoms with van der Waals surface area (Å²) >= 11 is 7.48. The molecule has 8 heteroatoms. The van der Waals surface area contributed by atoms with Crippen LogP contribution in [0, 0.1) is 0 Å². The van der Waals surface area contributed by atoms with E-state index in [1.54, 1.807) is 6.07 Å². The molecule has 1 aliphatic rings. The number of thioether (sulfide) groups is 1. The monoisotopic (exact) mass is 353 g/mol. The van der Waals surface area contributed by atoms with E-state index in [2.05, 4.69) is 10.2 Å². The van der Waals surface area contributed by atoms with Crippen LogP contribution in [0.25, 0.3) is 11.5 Å². The molecule has 1 aliphatic heterocycles. The average Bonchev–Trinajstić information content (AvgIpc) is 3.04. The number of nitrogens with zero attached hydrogens (tertiary/aromatic N) is 3. The van der Waals surface area contributed by atoms with E-state index in [1.165, 1.54) is 11.8 Å². The summed E-state index contributed by atoms with van der Waals surface area (Å²) in [6, 6.07) is 7.30. The van der Waals surface area contributed by atoms with Crippen LogP contribution in [0.15, 0.2) is 33.9 Å². The third kappa shape index (κ3) is 4.25. The van der Waals surface area contributed by atoms with Gasteiger partial charge in [0.2, 0.25) is 11.8 Å². The van der Waals surface area contributed by atoms with Crippen LogP contribution < -0.4 is 0 Å². The summed E-state index contributed by atoms with van der Waals surface area (Å²) in [5.41, 5.74) is 0.706. The minimum absolute atomic E-state index is 0.131. The van der Waals surface area contributed by atoms with E-state index >= 15 is 0 Å². The van der Waals surface area contributed by atoms with Crippen LogP contribution in [0.1, 0.15) is 6.42 Å². The lowest BCUT2D eigenvalue weighted by molar-refractivity contribution is -0.134. The van der Waals surface area contributed by atoms with Gasteiger partial charge in [-0.3, -0.25) is 4.79 Å². The number of morpholine rings is 1. The molecule has 0 N–H and O–H groups in total. The van der Waals surface area contributed by atoms with Crippen molar-refractivity contribution in [1.82, 2.24) is 15.1 Å². The van der Waals surface area contributed by atoms with Gasteiger partial charge in [0.25, 0.3) is 5.22 Å². The molecule has 0 saturated carbocycles. The molecule has 0 spiro atoms. The number of carbonyl (C=O) groups is 1. The number of ether oxygens (including phenoxy) is 1. The molecule has 1 amide bonds. The van der Waals surface area contributed by atoms with Gasteiger partial charge in [0.1, 0.15) is 0 Å². The van der Waals surface area contributed by atoms with E-state index in [-0.39, 0.29) is 5.91 Å². The molecule has 122 valence electrons. The third-order valence-corrected chi connectivity index (χ3v) is 4.57. The first-order valence-electron chi connectivity index (χ1n) is 7.31. The molecular weight excluding hydrogens is 338 g/mol. The van der Waals surface area contributed by atoms with Crippen molar-refractivity contribution in [1.29, 1.82) is 0 Å². The number of amides is 1. The number of hydrogen-bond donors (Lipinski definition) is 0. The predicted octanol–water partition coefficient (Wildman–Crippen LogP) is 2.73. The van der Waals surface area contributed by atoms with E-state index in [0.29, 0.717) is 60.2 Å². The smallest absolute Gasteiger partial charge is 0.276 e. The topological polar surface area (TPSA) is 68.5 Å². The first kappa shape index (κ1) is 16.3. The molecule has 1 aromatic carbocycles. The van der Waals surface area contributed by atoms with Gasteiger partial charge in [-0.05, 0) is 12.1 Å². The Hall–Kier alpha value is -1.57. The molecule has 0 unspecified atom stereocenters. The molecular formula is C15H16ClN3O3S. The maximum absolute atomic E-state index is 12.0. The lowest BCUT2D eigenvalue weighted by Gasteiger charge is -2.26. The zero-order valence-corrected chi connectivity index (χ0v) is 14.0. The first-order valence-corrected chi connectivity index (χ1v) is 8.67. The summed E-state index contributed by atoms with van der Waals surface area (Å²) in [7, 11) is 0. The van der Waals surface area contributed by atoms with Crippen LogP contribution in [0.4, 0.5) is 0 Å². The van der Waals surface area contributed by atoms with E-state index in [9.17, 15) is 4.79 Å². The van der Waals surface area contributed by atoms with Gasteiger partial charge in [0, 0.05) is 25.3 Å². The summed E-state index contributed by atoms with van der Waals surface area (Å²) < 4.78 is 10.8. The summed E-state index contributed by atoms with van der Waals surface area (Å²) in [5.74, 6) is 1.12. The lowest BCUT2D eigenvalue weighted by atomic mass is 10.2. The Bertz CT molecular complexity index is 673. The van der Waals surface area contributed by atoms with Gasteiger partial charge in [-0.2, -0.15) is 0 Å². The molecule has 0 aliphatic carbocycles. The van der Waals surface area contributed by atoms with Crippen LogP contribution in [0.5, 0.6) is 0 Å². The predicted molar refractivity (Wildman–Crippen MR) is 87.5 cm³/mol. The molecule has 3 rings (SSSR count). The molecule has 2 heterocycles. The van der Waals surface area contributed by atoms with Crippen molar-refractivity contribution < 1.29 is 13.9 Å². The molecule has 1 saturated heterocycles. The number of benzene rings is 1.